The summed E-state index contributed by atoms with van der Waals surface area (Å²) in [6, 6.07) is 5.69. The van der Waals surface area contributed by atoms with Crippen LogP contribution in [0.1, 0.15) is 25.8 Å². The summed E-state index contributed by atoms with van der Waals surface area (Å²) in [6.07, 6.45) is 1.02. The molecule has 0 spiro atoms. The van der Waals surface area contributed by atoms with Crippen molar-refractivity contribution in [1.82, 2.24) is 0 Å². The lowest BCUT2D eigenvalue weighted by Crippen LogP contribution is -2.18. The van der Waals surface area contributed by atoms with Crippen LogP contribution >= 0.6 is 40.1 Å². The van der Waals surface area contributed by atoms with Gasteiger partial charge in [-0.15, -0.1) is 13.7 Å². The zero-order valence-electron chi connectivity index (χ0n) is 8.63. The number of hydrogen-bond acceptors (Lipinski definition) is 1. The molecule has 0 aliphatic carbocycles. The zero-order valence-corrected chi connectivity index (χ0v) is 12.7. The van der Waals surface area contributed by atoms with Gasteiger partial charge >= 0.3 is 0 Å². The topological polar surface area (TPSA) is 23.1 Å². The Hall–Kier alpha value is 0.310. The Labute approximate surface area is 109 Å². The van der Waals surface area contributed by atoms with Crippen LogP contribution in [-0.4, -0.2) is 11.1 Å². The van der Waals surface area contributed by atoms with Crippen LogP contribution in [0.2, 0.25) is 0 Å². The van der Waals surface area contributed by atoms with Crippen molar-refractivity contribution in [3.63, 3.8) is 0 Å². The summed E-state index contributed by atoms with van der Waals surface area (Å²) >= 11 is 6.81. The van der Waals surface area contributed by atoms with Crippen LogP contribution < -0.4 is 5.11 Å². The lowest BCUT2D eigenvalue weighted by Gasteiger charge is -2.17. The van der Waals surface area contributed by atoms with Gasteiger partial charge in [0.2, 0.25) is 0 Å². The molecule has 0 aliphatic rings. The molecule has 0 heterocycles. The molecule has 0 bridgehead atoms. The molecule has 0 N–H and O–H groups in total. The van der Waals surface area contributed by atoms with Gasteiger partial charge in [0.15, 0.2) is 0 Å². The van der Waals surface area contributed by atoms with Gasteiger partial charge < -0.3 is 5.11 Å². The monoisotopic (exact) mass is 349 g/mol. The van der Waals surface area contributed by atoms with Crippen LogP contribution in [0.3, 0.4) is 0 Å². The first-order valence-corrected chi connectivity index (χ1v) is 7.30. The van der Waals surface area contributed by atoms with E-state index in [1.807, 2.05) is 18.2 Å². The summed E-state index contributed by atoms with van der Waals surface area (Å²) in [7, 11) is 0.867. The van der Waals surface area contributed by atoms with E-state index in [0.29, 0.717) is 5.66 Å². The highest BCUT2D eigenvalue weighted by molar-refractivity contribution is 9.11. The summed E-state index contributed by atoms with van der Waals surface area (Å²) in [4.78, 5) is 0. The number of hydrogen-bond donors (Lipinski definition) is 0. The summed E-state index contributed by atoms with van der Waals surface area (Å²) in [5, 5.41) is 12.0. The van der Waals surface area contributed by atoms with Crippen LogP contribution in [-0.2, 0) is 0 Å². The predicted molar refractivity (Wildman–Crippen MR) is 72.6 cm³/mol. The van der Waals surface area contributed by atoms with Crippen molar-refractivity contribution in [3.05, 3.63) is 32.7 Å². The van der Waals surface area contributed by atoms with Crippen molar-refractivity contribution in [3.8, 4) is 0 Å². The molecule has 0 aliphatic heterocycles. The van der Waals surface area contributed by atoms with E-state index in [9.17, 15) is 5.11 Å². The second-order valence-electron chi connectivity index (χ2n) is 3.29. The molecule has 0 fully saturated rings. The van der Waals surface area contributed by atoms with Gasteiger partial charge in [-0.3, -0.25) is 0 Å². The van der Waals surface area contributed by atoms with Crippen molar-refractivity contribution < 1.29 is 5.11 Å². The Bertz CT molecular complexity index is 357. The maximum Gasteiger partial charge on any atom is 0.0252 e. The fourth-order valence-electron chi connectivity index (χ4n) is 1.06. The average Bonchev–Trinajstić information content (AvgIpc) is 2.17. The third kappa shape index (κ3) is 3.67. The second-order valence-corrected chi connectivity index (χ2v) is 6.54. The molecule has 1 atom stereocenters. The Balaban J connectivity index is 3.10. The Morgan fingerprint density at radius 2 is 1.93 bits per heavy atom. The fourth-order valence-corrected chi connectivity index (χ4v) is 3.68. The normalized spacial score (nSPS) is 14.1. The number of halogens is 2. The zero-order chi connectivity index (χ0) is 11.4. The summed E-state index contributed by atoms with van der Waals surface area (Å²) in [5.41, 5.74) is 1.33. The summed E-state index contributed by atoms with van der Waals surface area (Å²) < 4.78 is 1.72. The fraction of sp³-hybridized carbons (Fsp3) is 0.364. The molecule has 1 nitrogen and oxygen atoms in total. The molecule has 1 rings (SSSR count). The van der Waals surface area contributed by atoms with Crippen molar-refractivity contribution in [2.75, 3.05) is 0 Å². The van der Waals surface area contributed by atoms with E-state index in [2.05, 4.69) is 45.7 Å². The van der Waals surface area contributed by atoms with Crippen LogP contribution in [0.25, 0.3) is 0 Å². The van der Waals surface area contributed by atoms with Crippen molar-refractivity contribution in [1.29, 1.82) is 0 Å². The highest BCUT2D eigenvalue weighted by atomic mass is 79.9. The van der Waals surface area contributed by atoms with E-state index in [4.69, 9.17) is 0 Å². The first kappa shape index (κ1) is 13.4. The van der Waals surface area contributed by atoms with Crippen LogP contribution in [0.4, 0.5) is 0 Å². The summed E-state index contributed by atoms with van der Waals surface area (Å²) in [5.74, 6) is 0. The van der Waals surface area contributed by atoms with E-state index in [-0.39, 0.29) is 5.48 Å². The van der Waals surface area contributed by atoms with E-state index in [0.717, 1.165) is 29.1 Å². The second kappa shape index (κ2) is 6.15. The van der Waals surface area contributed by atoms with Crippen LogP contribution in [0.5, 0.6) is 0 Å². The van der Waals surface area contributed by atoms with Gasteiger partial charge in [0.05, 0.1) is 0 Å². The predicted octanol–water partition coefficient (Wildman–Crippen LogP) is 3.79. The molecule has 0 saturated carbocycles. The van der Waals surface area contributed by atoms with Crippen molar-refractivity contribution >= 4 is 45.5 Å². The van der Waals surface area contributed by atoms with Crippen molar-refractivity contribution in [2.24, 2.45) is 0 Å². The molecule has 1 unspecified atom stereocenters. The molecule has 0 radical (unpaired) electrons. The van der Waals surface area contributed by atoms with Gasteiger partial charge in [0.1, 0.15) is 0 Å². The lowest BCUT2D eigenvalue weighted by atomic mass is 10.2. The molecule has 0 aromatic heterocycles. The minimum atomic E-state index is 0.170. The molecular weight excluding hydrogens is 339 g/mol. The van der Waals surface area contributed by atoms with Gasteiger partial charge in [-0.1, -0.05) is 51.8 Å². The first-order chi connectivity index (χ1) is 7.06. The molecule has 1 aromatic rings. The summed E-state index contributed by atoms with van der Waals surface area (Å²) in [6.45, 7) is 4.18. The third-order valence-corrected chi connectivity index (χ3v) is 4.69. The van der Waals surface area contributed by atoms with Crippen LogP contribution in [0.15, 0.2) is 27.1 Å². The van der Waals surface area contributed by atoms with Crippen molar-refractivity contribution in [2.45, 2.75) is 25.9 Å². The first-order valence-electron chi connectivity index (χ1n) is 4.75. The molecule has 82 valence electrons. The highest BCUT2D eigenvalue weighted by Crippen LogP contribution is 2.27. The third-order valence-electron chi connectivity index (χ3n) is 2.11. The Morgan fingerprint density at radius 3 is 2.40 bits per heavy atom. The van der Waals surface area contributed by atoms with E-state index >= 15 is 0 Å². The maximum atomic E-state index is 12.0. The molecule has 4 heteroatoms. The number of rotatable bonds is 3. The molecule has 0 saturated heterocycles. The lowest BCUT2D eigenvalue weighted by molar-refractivity contribution is -0.207. The van der Waals surface area contributed by atoms with Gasteiger partial charge in [-0.25, -0.2) is 0 Å². The maximum absolute atomic E-state index is 12.0. The molecule has 15 heavy (non-hydrogen) atoms. The smallest absolute Gasteiger partial charge is 0.0252 e. The highest BCUT2D eigenvalue weighted by Gasteiger charge is 2.03. The number of benzene rings is 1. The SMILES string of the molecule is CCC(C)P=C([O-])c1c(Br)cccc1Br. The van der Waals surface area contributed by atoms with Gasteiger partial charge in [0, 0.05) is 8.95 Å². The van der Waals surface area contributed by atoms with E-state index in [1.54, 1.807) is 0 Å². The Kier molecular flexibility index (Phi) is 5.48. The van der Waals surface area contributed by atoms with E-state index in [1.165, 1.54) is 0 Å². The van der Waals surface area contributed by atoms with Gasteiger partial charge in [-0.05, 0) is 29.8 Å². The molecule has 1 aromatic carbocycles. The van der Waals surface area contributed by atoms with Crippen LogP contribution in [0, 0.1) is 0 Å². The van der Waals surface area contributed by atoms with Gasteiger partial charge in [0.25, 0.3) is 0 Å². The minimum Gasteiger partial charge on any atom is -0.823 e. The quantitative estimate of drug-likeness (QED) is 0.760. The minimum absolute atomic E-state index is 0.170. The molecule has 0 amide bonds. The average molecular weight is 351 g/mol. The van der Waals surface area contributed by atoms with E-state index < -0.39 is 0 Å². The largest absolute Gasteiger partial charge is 0.823 e. The van der Waals surface area contributed by atoms with Gasteiger partial charge in [-0.2, -0.15) is 0 Å². The molecular formula is C11H12Br2OP-. The standard InChI is InChI=1S/C11H13Br2OP/c1-3-7(2)15-11(14)10-8(12)5-4-6-9(10)13/h4-7,14H,3H2,1-2H3/p-1. The Morgan fingerprint density at radius 1 is 1.40 bits per heavy atom.